The number of rotatable bonds is 8. The van der Waals surface area contributed by atoms with Crippen molar-refractivity contribution in [3.8, 4) is 11.3 Å². The first-order chi connectivity index (χ1) is 27.7. The van der Waals surface area contributed by atoms with Gasteiger partial charge in [-0.3, -0.25) is 14.4 Å². The van der Waals surface area contributed by atoms with Crippen LogP contribution in [0.5, 0.6) is 0 Å². The molecule has 0 aliphatic heterocycles. The summed E-state index contributed by atoms with van der Waals surface area (Å²) in [6.07, 6.45) is 15.5. The molecule has 3 N–H and O–H groups in total. The number of amides is 1. The number of carboxylic acid groups (broad SMARTS) is 1. The Balaban J connectivity index is 0.962. The standard InChI is InChI=1S/C51H71N3O5/c1-30(2)32-18-25-50(44(58)54-51(21-13-22-51)43-52-29-36(53-43)31-14-11-10-12-15-31)27-26-48(8)33(40(32)50)16-17-38-47(7)23-20-39(46(5,6)37(47)19-24-49(38,48)9)59-42(57)35-28-34(41(55)56)45(35,3)4/h10-12,14-15,29,32-35,37-40H,1,13,16-28H2,2-9H3,(H,52,53)(H,54,58)(H,55,56)/t32-,33+,34-,35+,37-,38+,39-,40+,47-,48+,49+,50-/m0/s1. The molecule has 1 aromatic heterocycles. The fourth-order valence-corrected chi connectivity index (χ4v) is 16.3. The van der Waals surface area contributed by atoms with E-state index in [-0.39, 0.29) is 51.5 Å². The fourth-order valence-electron chi connectivity index (χ4n) is 16.3. The fraction of sp³-hybridized carbons (Fsp3) is 0.725. The maximum Gasteiger partial charge on any atom is 0.309 e. The van der Waals surface area contributed by atoms with Gasteiger partial charge in [-0.25, -0.2) is 4.98 Å². The maximum absolute atomic E-state index is 15.3. The molecule has 1 amide bonds. The van der Waals surface area contributed by atoms with E-state index in [1.54, 1.807) is 0 Å². The number of H-pyrrole nitrogens is 1. The van der Waals surface area contributed by atoms with Gasteiger partial charge in [-0.15, -0.1) is 0 Å². The quantitative estimate of drug-likeness (QED) is 0.180. The normalized spacial score (nSPS) is 42.3. The van der Waals surface area contributed by atoms with Gasteiger partial charge in [0.25, 0.3) is 0 Å². The summed E-state index contributed by atoms with van der Waals surface area (Å²) < 4.78 is 6.46. The number of hydrogen-bond donors (Lipinski definition) is 3. The van der Waals surface area contributed by atoms with Crippen LogP contribution in [0.25, 0.3) is 11.3 Å². The van der Waals surface area contributed by atoms with Crippen LogP contribution in [-0.2, 0) is 24.7 Å². The largest absolute Gasteiger partial charge is 0.481 e. The number of aliphatic carboxylic acids is 1. The summed E-state index contributed by atoms with van der Waals surface area (Å²) in [5, 5.41) is 13.4. The van der Waals surface area contributed by atoms with Gasteiger partial charge in [0, 0.05) is 5.41 Å². The first-order valence-corrected chi connectivity index (χ1v) is 23.3. The summed E-state index contributed by atoms with van der Waals surface area (Å²) in [6.45, 7) is 23.2. The van der Waals surface area contributed by atoms with E-state index in [9.17, 15) is 14.7 Å². The molecule has 2 aromatic rings. The molecular weight excluding hydrogens is 735 g/mol. The number of aromatic nitrogens is 2. The number of imidazole rings is 1. The Morgan fingerprint density at radius 2 is 1.54 bits per heavy atom. The first-order valence-electron chi connectivity index (χ1n) is 23.3. The zero-order chi connectivity index (χ0) is 42.1. The van der Waals surface area contributed by atoms with Crippen LogP contribution in [0, 0.1) is 73.9 Å². The van der Waals surface area contributed by atoms with Crippen LogP contribution in [0.15, 0.2) is 48.7 Å². The predicted octanol–water partition coefficient (Wildman–Crippen LogP) is 10.9. The third kappa shape index (κ3) is 5.64. The minimum Gasteiger partial charge on any atom is -0.481 e. The molecule has 7 fully saturated rings. The molecule has 0 radical (unpaired) electrons. The van der Waals surface area contributed by atoms with Crippen molar-refractivity contribution in [3.63, 3.8) is 0 Å². The number of allylic oxidation sites excluding steroid dienone is 1. The molecule has 59 heavy (non-hydrogen) atoms. The zero-order valence-corrected chi connectivity index (χ0v) is 37.2. The molecule has 8 nitrogen and oxygen atoms in total. The summed E-state index contributed by atoms with van der Waals surface area (Å²) in [7, 11) is 0. The molecule has 320 valence electrons. The molecule has 0 unspecified atom stereocenters. The molecule has 7 saturated carbocycles. The van der Waals surface area contributed by atoms with Crippen molar-refractivity contribution in [1.82, 2.24) is 15.3 Å². The number of carboxylic acids is 1. The average molecular weight is 806 g/mol. The van der Waals surface area contributed by atoms with Crippen molar-refractivity contribution in [2.24, 2.45) is 73.9 Å². The van der Waals surface area contributed by atoms with E-state index in [4.69, 9.17) is 9.72 Å². The molecule has 0 bridgehead atoms. The van der Waals surface area contributed by atoms with Gasteiger partial charge in [-0.05, 0) is 154 Å². The lowest BCUT2D eigenvalue weighted by molar-refractivity contribution is -0.251. The maximum atomic E-state index is 15.3. The van der Waals surface area contributed by atoms with Crippen LogP contribution >= 0.6 is 0 Å². The molecule has 7 aliphatic carbocycles. The van der Waals surface area contributed by atoms with Crippen LogP contribution in [0.2, 0.25) is 0 Å². The van der Waals surface area contributed by atoms with E-state index in [0.717, 1.165) is 94.1 Å². The monoisotopic (exact) mass is 806 g/mol. The lowest BCUT2D eigenvalue weighted by atomic mass is 9.32. The third-order valence-corrected chi connectivity index (χ3v) is 20.2. The molecular formula is C51H71N3O5. The van der Waals surface area contributed by atoms with Crippen molar-refractivity contribution < 1.29 is 24.2 Å². The van der Waals surface area contributed by atoms with Crippen LogP contribution in [-0.4, -0.2) is 39.0 Å². The van der Waals surface area contributed by atoms with Gasteiger partial charge in [-0.2, -0.15) is 0 Å². The highest BCUT2D eigenvalue weighted by Crippen LogP contribution is 2.78. The lowest BCUT2D eigenvalue weighted by Crippen LogP contribution is -2.68. The third-order valence-electron chi connectivity index (χ3n) is 20.2. The number of benzene rings is 1. The predicted molar refractivity (Wildman–Crippen MR) is 230 cm³/mol. The second-order valence-electron chi connectivity index (χ2n) is 23.0. The zero-order valence-electron chi connectivity index (χ0n) is 37.2. The van der Waals surface area contributed by atoms with E-state index in [0.29, 0.717) is 30.1 Å². The second kappa shape index (κ2) is 13.5. The van der Waals surface area contributed by atoms with Crippen molar-refractivity contribution >= 4 is 17.8 Å². The number of esters is 1. The van der Waals surface area contributed by atoms with E-state index < -0.39 is 28.3 Å². The van der Waals surface area contributed by atoms with Gasteiger partial charge in [0.05, 0.1) is 34.7 Å². The van der Waals surface area contributed by atoms with Crippen LogP contribution in [0.4, 0.5) is 0 Å². The average Bonchev–Trinajstić information content (AvgIpc) is 3.81. The van der Waals surface area contributed by atoms with Gasteiger partial charge in [-0.1, -0.05) is 91.0 Å². The summed E-state index contributed by atoms with van der Waals surface area (Å²) in [6, 6.07) is 10.3. The molecule has 1 heterocycles. The number of hydrogen-bond acceptors (Lipinski definition) is 5. The highest BCUT2D eigenvalue weighted by molar-refractivity contribution is 5.85. The highest BCUT2D eigenvalue weighted by atomic mass is 16.5. The topological polar surface area (TPSA) is 121 Å². The second-order valence-corrected chi connectivity index (χ2v) is 23.0. The lowest BCUT2D eigenvalue weighted by Gasteiger charge is -2.73. The van der Waals surface area contributed by atoms with E-state index in [1.165, 1.54) is 12.0 Å². The number of ether oxygens (including phenoxy) is 1. The van der Waals surface area contributed by atoms with Crippen molar-refractivity contribution in [2.75, 3.05) is 0 Å². The minimum atomic E-state index is -0.818. The summed E-state index contributed by atoms with van der Waals surface area (Å²) in [5.41, 5.74) is 2.05. The van der Waals surface area contributed by atoms with Crippen LogP contribution < -0.4 is 5.32 Å². The number of carbonyl (C=O) groups is 3. The Hall–Kier alpha value is -3.42. The SMILES string of the molecule is C=C(C)[C@@H]1CC[C@]2(C(=O)NC3(c4ncc(-c5ccccc5)[nH]4)CCC3)CC[C@]3(C)[C@H](CC[C@@H]4[C@@]5(C)CC[C@H](OC(=O)[C@H]6C[C@@H](C(=O)O)C6(C)C)C(C)(C)[C@@H]5CC[C@]43C)[C@@H]12. The van der Waals surface area contributed by atoms with E-state index in [1.807, 2.05) is 38.2 Å². The Morgan fingerprint density at radius 1 is 0.814 bits per heavy atom. The molecule has 0 saturated heterocycles. The number of nitrogens with zero attached hydrogens (tertiary/aromatic N) is 1. The van der Waals surface area contributed by atoms with Gasteiger partial charge in [0.15, 0.2) is 0 Å². The molecule has 8 heteroatoms. The summed E-state index contributed by atoms with van der Waals surface area (Å²) in [4.78, 5) is 49.3. The molecule has 7 aliphatic rings. The van der Waals surface area contributed by atoms with Gasteiger partial charge >= 0.3 is 11.9 Å². The number of aromatic amines is 1. The summed E-state index contributed by atoms with van der Waals surface area (Å²) >= 11 is 0. The number of carbonyl (C=O) groups excluding carboxylic acids is 2. The first kappa shape index (κ1) is 41.0. The molecule has 12 atom stereocenters. The van der Waals surface area contributed by atoms with Crippen LogP contribution in [0.3, 0.4) is 0 Å². The van der Waals surface area contributed by atoms with Crippen molar-refractivity contribution in [3.05, 3.63) is 54.5 Å². The van der Waals surface area contributed by atoms with Crippen molar-refractivity contribution in [2.45, 2.75) is 157 Å². The van der Waals surface area contributed by atoms with E-state index >= 15 is 4.79 Å². The Bertz CT molecular complexity index is 2030. The van der Waals surface area contributed by atoms with Crippen LogP contribution in [0.1, 0.15) is 151 Å². The highest BCUT2D eigenvalue weighted by Gasteiger charge is 2.72. The molecule has 1 aromatic carbocycles. The number of nitrogens with one attached hydrogen (secondary N) is 2. The van der Waals surface area contributed by atoms with Gasteiger partial charge in [0.2, 0.25) is 5.91 Å². The smallest absolute Gasteiger partial charge is 0.309 e. The summed E-state index contributed by atoms with van der Waals surface area (Å²) in [5.74, 6) is 1.30. The number of fused-ring (bicyclic) bond motifs is 7. The Kier molecular flexibility index (Phi) is 9.40. The Labute approximate surface area is 352 Å². The van der Waals surface area contributed by atoms with Gasteiger partial charge in [0.1, 0.15) is 11.9 Å². The van der Waals surface area contributed by atoms with Gasteiger partial charge < -0.3 is 20.1 Å². The van der Waals surface area contributed by atoms with Crippen molar-refractivity contribution in [1.29, 1.82) is 0 Å². The Morgan fingerprint density at radius 3 is 2.19 bits per heavy atom. The molecule has 0 spiro atoms. The minimum absolute atomic E-state index is 0.0973. The van der Waals surface area contributed by atoms with E-state index in [2.05, 4.69) is 70.6 Å². The molecule has 9 rings (SSSR count).